The summed E-state index contributed by atoms with van der Waals surface area (Å²) in [7, 11) is 0. The molecule has 124 heavy (non-hydrogen) atoms. The van der Waals surface area contributed by atoms with Crippen molar-refractivity contribution in [2.45, 2.75) is 90.3 Å². The third-order valence-electron chi connectivity index (χ3n) is 21.4. The molecule has 0 spiro atoms. The van der Waals surface area contributed by atoms with Crippen molar-refractivity contribution in [3.05, 3.63) is 419 Å². The first-order valence-electron chi connectivity index (χ1n) is 39.4. The molecule has 0 radical (unpaired) electrons. The van der Waals surface area contributed by atoms with Crippen LogP contribution in [-0.4, -0.2) is 27.7 Å². The first-order valence-corrected chi connectivity index (χ1v) is 49.2. The van der Waals surface area contributed by atoms with Gasteiger partial charge in [0.2, 0.25) is 0 Å². The SMILES string of the molecule is CC(c1cccc2ccccc12)n1sc(Cl)cc1=O.O=c1cc(Cl)sn1CC1CCCC2C=CC=CC21.O=c1cc(Cl)sn1CC1CCc2ccccc21.O=c1cc(Cl)sn1Cc1cc2ccccc2s1.O=c1cc(Cl)sn1Cc1cccc2ccccc12.O=c1cc(Cl)sn1Cc1sc2ccccc2c1Cl.O=c1ccsn1Cc1cccc2ccccc12. The summed E-state index contributed by atoms with van der Waals surface area (Å²) in [6.45, 7) is 5.90. The van der Waals surface area contributed by atoms with Crippen molar-refractivity contribution in [2.75, 3.05) is 0 Å². The van der Waals surface area contributed by atoms with Crippen molar-refractivity contribution in [2.24, 2.45) is 17.8 Å². The van der Waals surface area contributed by atoms with Crippen molar-refractivity contribution < 1.29 is 0 Å². The quantitative estimate of drug-likeness (QED) is 0.105. The van der Waals surface area contributed by atoms with Crippen molar-refractivity contribution in [1.29, 1.82) is 0 Å². The highest BCUT2D eigenvalue weighted by Gasteiger charge is 2.32. The Morgan fingerprint density at radius 2 is 0.847 bits per heavy atom. The van der Waals surface area contributed by atoms with Crippen LogP contribution in [0.15, 0.2) is 312 Å². The molecular weight excluding hydrogens is 1880 g/mol. The Balaban J connectivity index is 0.000000112. The molecule has 3 aliphatic carbocycles. The number of nitrogens with zero attached hydrogens (tertiary/aromatic N) is 7. The fraction of sp³-hybridized carbons (Fsp3) is 0.181. The third-order valence-corrected chi connectivity index (χ3v) is 32.0. The van der Waals surface area contributed by atoms with Crippen LogP contribution in [-0.2, 0) is 45.7 Å². The van der Waals surface area contributed by atoms with E-state index in [9.17, 15) is 33.6 Å². The van der Waals surface area contributed by atoms with Gasteiger partial charge in [-0.25, -0.2) is 0 Å². The van der Waals surface area contributed by atoms with Crippen LogP contribution >= 0.6 is 185 Å². The molecule has 30 heteroatoms. The number of fused-ring (bicyclic) bond motifs is 7. The van der Waals surface area contributed by atoms with Gasteiger partial charge in [0, 0.05) is 91.4 Å². The van der Waals surface area contributed by atoms with Crippen LogP contribution in [0.2, 0.25) is 31.0 Å². The number of hydrogen-bond donors (Lipinski definition) is 0. The number of hydrogen-bond acceptors (Lipinski definition) is 16. The van der Waals surface area contributed by atoms with Gasteiger partial charge >= 0.3 is 0 Å². The van der Waals surface area contributed by atoms with Gasteiger partial charge in [-0.1, -0.05) is 312 Å². The third kappa shape index (κ3) is 22.6. The Morgan fingerprint density at radius 1 is 0.379 bits per heavy atom. The van der Waals surface area contributed by atoms with E-state index in [1.54, 1.807) is 52.5 Å². The second kappa shape index (κ2) is 42.2. The molecule has 18 aromatic rings. The number of benzene rings is 9. The normalized spacial score (nSPS) is 15.1. The highest BCUT2D eigenvalue weighted by Crippen LogP contribution is 2.41. The maximum absolute atomic E-state index is 11.9. The second-order valence-electron chi connectivity index (χ2n) is 29.4. The van der Waals surface area contributed by atoms with E-state index in [0.717, 1.165) is 57.0 Å². The predicted molar refractivity (Wildman–Crippen MR) is 531 cm³/mol. The highest BCUT2D eigenvalue weighted by atomic mass is 35.5. The molecule has 1 fully saturated rings. The molecule has 0 aliphatic heterocycles. The van der Waals surface area contributed by atoms with Gasteiger partial charge in [-0.15, -0.1) is 22.7 Å². The number of aromatic nitrogens is 7. The minimum atomic E-state index is -0.0847. The van der Waals surface area contributed by atoms with E-state index in [1.807, 2.05) is 113 Å². The smallest absolute Gasteiger partial charge is 0.262 e. The molecule has 0 bridgehead atoms. The van der Waals surface area contributed by atoms with E-state index in [4.69, 9.17) is 81.2 Å². The average molecular weight is 1950 g/mol. The Bertz CT molecular complexity index is 7250. The zero-order valence-corrected chi connectivity index (χ0v) is 78.7. The van der Waals surface area contributed by atoms with E-state index in [1.165, 1.54) is 200 Å². The molecule has 0 amide bonds. The molecule has 632 valence electrons. The zero-order valence-electron chi connectivity index (χ0n) is 66.0. The predicted octanol–water partition coefficient (Wildman–Crippen LogP) is 26.5. The van der Waals surface area contributed by atoms with Crippen LogP contribution in [0.3, 0.4) is 0 Å². The highest BCUT2D eigenvalue weighted by molar-refractivity contribution is 7.20. The van der Waals surface area contributed by atoms with E-state index < -0.39 is 0 Å². The summed E-state index contributed by atoms with van der Waals surface area (Å²) < 4.78 is 17.6. The molecule has 9 heterocycles. The largest absolute Gasteiger partial charge is 0.268 e. The number of halogens is 7. The number of allylic oxidation sites excluding steroid dienone is 4. The molecule has 9 aromatic heterocycles. The van der Waals surface area contributed by atoms with Gasteiger partial charge in [0.05, 0.1) is 37.2 Å². The second-order valence-corrected chi connectivity index (χ2v) is 43.1. The lowest BCUT2D eigenvalue weighted by molar-refractivity contribution is 0.207. The van der Waals surface area contributed by atoms with Gasteiger partial charge in [-0.2, -0.15) is 0 Å². The summed E-state index contributed by atoms with van der Waals surface area (Å²) in [6.07, 6.45) is 14.9. The molecular formula is C94H76Cl7N7O7S9. The minimum absolute atomic E-state index is 0.0175. The summed E-state index contributed by atoms with van der Waals surface area (Å²) in [5.74, 6) is 2.28. The topological polar surface area (TPSA) is 154 Å². The summed E-state index contributed by atoms with van der Waals surface area (Å²) >= 11 is 54.1. The Morgan fingerprint density at radius 3 is 1.40 bits per heavy atom. The fourth-order valence-corrected chi connectivity index (χ4v) is 25.4. The van der Waals surface area contributed by atoms with E-state index in [-0.39, 0.29) is 45.0 Å². The lowest BCUT2D eigenvalue weighted by atomic mass is 9.70. The molecule has 3 aliphatic rings. The van der Waals surface area contributed by atoms with Crippen molar-refractivity contribution >= 4 is 237 Å². The lowest BCUT2D eigenvalue weighted by Crippen LogP contribution is -2.31. The number of aryl methyl sites for hydroxylation is 1. The first kappa shape index (κ1) is 90.0. The fourth-order valence-electron chi connectivity index (χ4n) is 15.5. The molecule has 1 saturated carbocycles. The minimum Gasteiger partial charge on any atom is -0.268 e. The molecule has 0 saturated heterocycles. The Kier molecular flexibility index (Phi) is 30.6. The van der Waals surface area contributed by atoms with E-state index in [2.05, 4.69) is 133 Å². The molecule has 14 nitrogen and oxygen atoms in total. The van der Waals surface area contributed by atoms with Gasteiger partial charge in [0.15, 0.2) is 0 Å². The van der Waals surface area contributed by atoms with Crippen molar-refractivity contribution in [1.82, 2.24) is 27.7 Å². The van der Waals surface area contributed by atoms with Gasteiger partial charge in [0.1, 0.15) is 26.0 Å². The number of rotatable bonds is 14. The van der Waals surface area contributed by atoms with Gasteiger partial charge in [0.25, 0.3) is 38.9 Å². The molecule has 21 rings (SSSR count). The Labute approximate surface area is 784 Å². The summed E-state index contributed by atoms with van der Waals surface area (Å²) in [5, 5.41) is 12.0. The molecule has 9 aromatic carbocycles. The van der Waals surface area contributed by atoms with Crippen LogP contribution in [0, 0.1) is 17.8 Å². The van der Waals surface area contributed by atoms with Crippen LogP contribution in [0.1, 0.15) is 82.1 Å². The summed E-state index contributed by atoms with van der Waals surface area (Å²) in [5.41, 5.74) is 6.20. The number of thiophene rings is 2. The monoisotopic (exact) mass is 1950 g/mol. The van der Waals surface area contributed by atoms with Crippen molar-refractivity contribution in [3.8, 4) is 0 Å². The maximum atomic E-state index is 11.9. The van der Waals surface area contributed by atoms with Crippen LogP contribution in [0.4, 0.5) is 0 Å². The Hall–Kier alpha value is -8.80. The van der Waals surface area contributed by atoms with Crippen LogP contribution in [0.25, 0.3) is 52.5 Å². The van der Waals surface area contributed by atoms with Crippen molar-refractivity contribution in [3.63, 3.8) is 0 Å². The van der Waals surface area contributed by atoms with E-state index in [0.29, 0.717) is 75.9 Å². The van der Waals surface area contributed by atoms with Gasteiger partial charge in [-0.3, -0.25) is 61.3 Å². The zero-order chi connectivity index (χ0) is 86.5. The average Bonchev–Trinajstić information content (AvgIpc) is 1.45. The summed E-state index contributed by atoms with van der Waals surface area (Å²) in [4.78, 5) is 83.8. The standard InChI is InChI=1S/C15H12ClNOS.C14H16ClNOS.C14H10ClNOS.C14H11NOS.C13H12ClNOS.C12H7Cl2NOS2.C12H8ClNOS2/c1-10(17-15(18)9-14(16)19-17)12-8-4-6-11-5-2-3-7-13(11)12;2*15-13-8-14(17)16(18-13)9-11-6-3-5-10-4-1-2-7-12(10)11;16-14-8-9-17-15(14)10-12-6-3-5-11-4-1-2-7-13(11)12;14-12-7-13(16)15(17-12)8-10-6-5-9-3-1-2-4-11(9)10;13-10-5-11(16)15(18-10)6-9-12(14)7-3-1-2-4-8(7)17-9;13-11-6-12(15)14(17-11)7-9-5-8-3-1-2-4-10(8)16-9/h2-10H,1H3;1-2,4,7-8,10-12H,3,5-6,9H2;1-8H,9H2;1-9H,10H2;1-4,7,10H,5-6,8H2;1-5H,6H2;1-6H,7H2. The summed E-state index contributed by atoms with van der Waals surface area (Å²) in [6, 6.07) is 80.3. The van der Waals surface area contributed by atoms with Crippen LogP contribution in [0.5, 0.6) is 0 Å². The van der Waals surface area contributed by atoms with Gasteiger partial charge in [-0.05, 0) is 203 Å². The molecule has 0 N–H and O–H groups in total. The lowest BCUT2D eigenvalue weighted by Gasteiger charge is -2.36. The van der Waals surface area contributed by atoms with Crippen LogP contribution < -0.4 is 38.9 Å². The van der Waals surface area contributed by atoms with E-state index >= 15 is 0 Å². The maximum Gasteiger partial charge on any atom is 0.262 e. The molecule has 5 atom stereocenters. The van der Waals surface area contributed by atoms with Gasteiger partial charge < -0.3 is 0 Å². The molecule has 5 unspecified atom stereocenters. The first-order chi connectivity index (χ1) is 60.1.